The van der Waals surface area contributed by atoms with E-state index in [1.54, 1.807) is 6.20 Å². The minimum Gasteiger partial charge on any atom is -0.477 e. The summed E-state index contributed by atoms with van der Waals surface area (Å²) >= 11 is 1.53. The first-order valence-electron chi connectivity index (χ1n) is 12.2. The van der Waals surface area contributed by atoms with Crippen molar-refractivity contribution in [3.63, 3.8) is 0 Å². The molecule has 0 bridgehead atoms. The predicted molar refractivity (Wildman–Crippen MR) is 134 cm³/mol. The molecule has 180 valence electrons. The van der Waals surface area contributed by atoms with Crippen LogP contribution in [0.5, 0.6) is 5.88 Å². The van der Waals surface area contributed by atoms with Gasteiger partial charge in [0.1, 0.15) is 11.6 Å². The third-order valence-corrected chi connectivity index (χ3v) is 7.06. The van der Waals surface area contributed by atoms with Crippen molar-refractivity contribution in [3.05, 3.63) is 29.8 Å². The van der Waals surface area contributed by atoms with Crippen LogP contribution in [-0.2, 0) is 5.41 Å². The highest BCUT2D eigenvalue weighted by molar-refractivity contribution is 7.98. The lowest BCUT2D eigenvalue weighted by Crippen LogP contribution is -2.48. The number of piperazine rings is 1. The molecular formula is C25H38N6OS. The first-order valence-corrected chi connectivity index (χ1v) is 13.4. The van der Waals surface area contributed by atoms with Gasteiger partial charge in [-0.3, -0.25) is 4.90 Å². The normalized spacial score (nSPS) is 18.8. The molecule has 0 N–H and O–H groups in total. The van der Waals surface area contributed by atoms with Crippen molar-refractivity contribution >= 4 is 17.6 Å². The second-order valence-electron chi connectivity index (χ2n) is 10.4. The molecular weight excluding hydrogens is 432 g/mol. The molecule has 0 aromatic carbocycles. The van der Waals surface area contributed by atoms with Crippen LogP contribution in [-0.4, -0.2) is 70.4 Å². The Balaban J connectivity index is 1.31. The molecule has 2 aliphatic rings. The van der Waals surface area contributed by atoms with Crippen molar-refractivity contribution in [1.29, 1.82) is 0 Å². The summed E-state index contributed by atoms with van der Waals surface area (Å²) < 4.78 is 5.92. The SMILES string of the molecule is CSc1nccc(OC[C@H](C)CN2CCN(c3cc(C4CCC4)nc(C(C)(C)C)n3)CC2)n1. The molecule has 1 aliphatic carbocycles. The number of nitrogens with zero attached hydrogens (tertiary/aromatic N) is 6. The van der Waals surface area contributed by atoms with Gasteiger partial charge in [-0.15, -0.1) is 0 Å². The van der Waals surface area contributed by atoms with Crippen LogP contribution in [0.15, 0.2) is 23.5 Å². The van der Waals surface area contributed by atoms with Gasteiger partial charge in [-0.05, 0) is 19.1 Å². The van der Waals surface area contributed by atoms with Crippen LogP contribution >= 0.6 is 11.8 Å². The van der Waals surface area contributed by atoms with E-state index in [4.69, 9.17) is 14.7 Å². The molecule has 8 heteroatoms. The van der Waals surface area contributed by atoms with Gasteiger partial charge in [-0.1, -0.05) is 45.9 Å². The molecule has 1 saturated heterocycles. The minimum atomic E-state index is -0.0357. The van der Waals surface area contributed by atoms with Crippen molar-refractivity contribution in [3.8, 4) is 5.88 Å². The smallest absolute Gasteiger partial charge is 0.217 e. The van der Waals surface area contributed by atoms with Gasteiger partial charge in [-0.25, -0.2) is 15.0 Å². The van der Waals surface area contributed by atoms with Crippen LogP contribution in [0.25, 0.3) is 0 Å². The number of rotatable bonds is 8. The molecule has 0 amide bonds. The quantitative estimate of drug-likeness (QED) is 0.416. The van der Waals surface area contributed by atoms with E-state index in [1.807, 2.05) is 12.3 Å². The van der Waals surface area contributed by atoms with Gasteiger partial charge in [0.05, 0.1) is 6.61 Å². The zero-order valence-corrected chi connectivity index (χ0v) is 21.6. The summed E-state index contributed by atoms with van der Waals surface area (Å²) in [4.78, 5) is 23.5. The third-order valence-electron chi connectivity index (χ3n) is 6.50. The highest BCUT2D eigenvalue weighted by Gasteiger charge is 2.28. The van der Waals surface area contributed by atoms with E-state index in [2.05, 4.69) is 53.5 Å². The lowest BCUT2D eigenvalue weighted by Gasteiger charge is -2.37. The van der Waals surface area contributed by atoms with E-state index in [9.17, 15) is 0 Å². The highest BCUT2D eigenvalue weighted by atomic mass is 32.2. The molecule has 0 radical (unpaired) electrons. The van der Waals surface area contributed by atoms with Gasteiger partial charge >= 0.3 is 0 Å². The summed E-state index contributed by atoms with van der Waals surface area (Å²) in [7, 11) is 0. The van der Waals surface area contributed by atoms with Crippen molar-refractivity contribution in [2.24, 2.45) is 5.92 Å². The topological polar surface area (TPSA) is 67.3 Å². The largest absolute Gasteiger partial charge is 0.477 e. The number of ether oxygens (including phenoxy) is 1. The Morgan fingerprint density at radius 3 is 2.52 bits per heavy atom. The van der Waals surface area contributed by atoms with E-state index in [1.165, 1.54) is 36.7 Å². The summed E-state index contributed by atoms with van der Waals surface area (Å²) in [5.41, 5.74) is 1.21. The number of anilines is 1. The summed E-state index contributed by atoms with van der Waals surface area (Å²) in [6.45, 7) is 14.7. The number of aromatic nitrogens is 4. The van der Waals surface area contributed by atoms with Crippen molar-refractivity contribution in [2.45, 2.75) is 63.4 Å². The lowest BCUT2D eigenvalue weighted by molar-refractivity contribution is 0.175. The van der Waals surface area contributed by atoms with Crippen molar-refractivity contribution in [1.82, 2.24) is 24.8 Å². The van der Waals surface area contributed by atoms with Crippen LogP contribution in [0.4, 0.5) is 5.82 Å². The maximum atomic E-state index is 5.92. The highest BCUT2D eigenvalue weighted by Crippen LogP contribution is 2.37. The molecule has 2 fully saturated rings. The molecule has 2 aromatic heterocycles. The van der Waals surface area contributed by atoms with Gasteiger partial charge in [0, 0.05) is 74.0 Å². The summed E-state index contributed by atoms with van der Waals surface area (Å²) in [6, 6.07) is 4.09. The standard InChI is InChI=1S/C25H38N6OS/c1-18(17-32-22-9-10-26-24(29-22)33-5)16-30-11-13-31(14-12-30)21-15-20(19-7-6-8-19)27-23(28-21)25(2,3)4/h9-10,15,18-19H,6-8,11-14,16-17H2,1-5H3/t18-/m1/s1. The second-order valence-corrected chi connectivity index (χ2v) is 11.2. The van der Waals surface area contributed by atoms with E-state index >= 15 is 0 Å². The van der Waals surface area contributed by atoms with Gasteiger partial charge < -0.3 is 9.64 Å². The molecule has 33 heavy (non-hydrogen) atoms. The molecule has 7 nitrogen and oxygen atoms in total. The molecule has 4 rings (SSSR count). The van der Waals surface area contributed by atoms with Gasteiger partial charge in [0.2, 0.25) is 5.88 Å². The molecule has 1 aliphatic heterocycles. The van der Waals surface area contributed by atoms with Crippen LogP contribution in [0, 0.1) is 5.92 Å². The van der Waals surface area contributed by atoms with Crippen LogP contribution in [0.2, 0.25) is 0 Å². The fraction of sp³-hybridized carbons (Fsp3) is 0.680. The van der Waals surface area contributed by atoms with Crippen LogP contribution < -0.4 is 9.64 Å². The van der Waals surface area contributed by atoms with E-state index < -0.39 is 0 Å². The molecule has 0 unspecified atom stereocenters. The fourth-order valence-electron chi connectivity index (χ4n) is 4.25. The maximum Gasteiger partial charge on any atom is 0.217 e. The average molecular weight is 471 g/mol. The third kappa shape index (κ3) is 6.35. The fourth-order valence-corrected chi connectivity index (χ4v) is 4.60. The van der Waals surface area contributed by atoms with E-state index in [-0.39, 0.29) is 5.41 Å². The average Bonchev–Trinajstić information content (AvgIpc) is 2.76. The molecule has 1 atom stereocenters. The first-order chi connectivity index (χ1) is 15.8. The lowest BCUT2D eigenvalue weighted by atomic mass is 9.82. The molecule has 2 aromatic rings. The zero-order chi connectivity index (χ0) is 23.4. The second kappa shape index (κ2) is 10.6. The molecule has 0 spiro atoms. The maximum absolute atomic E-state index is 5.92. The molecule has 3 heterocycles. The number of hydrogen-bond donors (Lipinski definition) is 0. The monoisotopic (exact) mass is 470 g/mol. The van der Waals surface area contributed by atoms with Gasteiger partial charge in [0.25, 0.3) is 0 Å². The van der Waals surface area contributed by atoms with Gasteiger partial charge in [-0.2, -0.15) is 4.98 Å². The van der Waals surface area contributed by atoms with Crippen molar-refractivity contribution < 1.29 is 4.74 Å². The Bertz CT molecular complexity index is 921. The Morgan fingerprint density at radius 2 is 1.88 bits per heavy atom. The minimum absolute atomic E-state index is 0.0357. The summed E-state index contributed by atoms with van der Waals surface area (Å²) in [5, 5.41) is 0.746. The Kier molecular flexibility index (Phi) is 7.74. The first kappa shape index (κ1) is 24.2. The summed E-state index contributed by atoms with van der Waals surface area (Å²) in [6.07, 6.45) is 7.59. The zero-order valence-electron chi connectivity index (χ0n) is 20.8. The number of thioether (sulfide) groups is 1. The van der Waals surface area contributed by atoms with Crippen LogP contribution in [0.3, 0.4) is 0 Å². The Hall–Kier alpha value is -1.93. The van der Waals surface area contributed by atoms with E-state index in [0.717, 1.165) is 49.5 Å². The predicted octanol–water partition coefficient (Wildman–Crippen LogP) is 4.39. The van der Waals surface area contributed by atoms with Crippen LogP contribution in [0.1, 0.15) is 64.4 Å². The number of hydrogen-bond acceptors (Lipinski definition) is 8. The summed E-state index contributed by atoms with van der Waals surface area (Å²) in [5.74, 6) is 3.80. The van der Waals surface area contributed by atoms with Crippen molar-refractivity contribution in [2.75, 3.05) is 50.5 Å². The van der Waals surface area contributed by atoms with E-state index in [0.29, 0.717) is 24.3 Å². The molecule has 1 saturated carbocycles. The Morgan fingerprint density at radius 1 is 1.12 bits per heavy atom. The Labute approximate surface area is 202 Å². The van der Waals surface area contributed by atoms with Gasteiger partial charge in [0.15, 0.2) is 5.16 Å².